The van der Waals surface area contributed by atoms with E-state index < -0.39 is 6.04 Å². The summed E-state index contributed by atoms with van der Waals surface area (Å²) in [6.07, 6.45) is 0. The molecule has 0 aliphatic carbocycles. The molecule has 72 valence electrons. The van der Waals surface area contributed by atoms with Crippen molar-refractivity contribution in [2.45, 2.75) is 6.04 Å². The first-order valence-electron chi connectivity index (χ1n) is 3.65. The summed E-state index contributed by atoms with van der Waals surface area (Å²) in [6.45, 7) is 0.729. The second-order valence-electron chi connectivity index (χ2n) is 2.13. The summed E-state index contributed by atoms with van der Waals surface area (Å²) in [7, 11) is 3.01. The number of rotatable bonds is 6. The molecule has 0 radical (unpaired) electrons. The Balaban J connectivity index is 3.60. The lowest BCUT2D eigenvalue weighted by atomic mass is 10.3. The third-order valence-electron chi connectivity index (χ3n) is 1.34. The summed E-state index contributed by atoms with van der Waals surface area (Å²) < 4.78 is 9.58. The highest BCUT2D eigenvalue weighted by Crippen LogP contribution is 1.89. The average Bonchev–Trinajstić information content (AvgIpc) is 2.11. The van der Waals surface area contributed by atoms with Crippen molar-refractivity contribution in [3.63, 3.8) is 0 Å². The largest absolute Gasteiger partial charge is 0.468 e. The number of ether oxygens (including phenoxy) is 2. The minimum Gasteiger partial charge on any atom is -0.468 e. The second kappa shape index (κ2) is 7.34. The highest BCUT2D eigenvalue weighted by Gasteiger charge is 2.16. The molecule has 1 atom stereocenters. The van der Waals surface area contributed by atoms with E-state index in [1.165, 1.54) is 7.11 Å². The molecule has 1 N–H and O–H groups in total. The van der Waals surface area contributed by atoms with Crippen molar-refractivity contribution in [3.05, 3.63) is 0 Å². The molecule has 0 heterocycles. The summed E-state index contributed by atoms with van der Waals surface area (Å²) in [5, 5.41) is 2.77. The van der Waals surface area contributed by atoms with Gasteiger partial charge in [0.15, 0.2) is 0 Å². The zero-order valence-electron chi connectivity index (χ0n) is 7.30. The summed E-state index contributed by atoms with van der Waals surface area (Å²) >= 11 is 5.38. The predicted molar refractivity (Wildman–Crippen MR) is 46.4 cm³/mol. The normalized spacial score (nSPS) is 12.6. The van der Waals surface area contributed by atoms with Gasteiger partial charge in [0.1, 0.15) is 6.04 Å². The number of methoxy groups -OCH3 is 1. The van der Waals surface area contributed by atoms with Crippen molar-refractivity contribution >= 4 is 17.6 Å². The third-order valence-corrected chi connectivity index (χ3v) is 1.49. The molecular weight excluding hydrogens is 182 g/mol. The highest BCUT2D eigenvalue weighted by molar-refractivity contribution is 6.17. The van der Waals surface area contributed by atoms with Crippen molar-refractivity contribution in [1.82, 2.24) is 5.32 Å². The van der Waals surface area contributed by atoms with Crippen LogP contribution in [-0.2, 0) is 14.3 Å². The second-order valence-corrected chi connectivity index (χ2v) is 2.51. The Labute approximate surface area is 77.2 Å². The van der Waals surface area contributed by atoms with Gasteiger partial charge in [0, 0.05) is 5.88 Å². The third kappa shape index (κ3) is 4.54. The number of halogens is 1. The van der Waals surface area contributed by atoms with Crippen LogP contribution in [0.2, 0.25) is 0 Å². The van der Waals surface area contributed by atoms with E-state index >= 15 is 0 Å². The lowest BCUT2D eigenvalue weighted by Crippen LogP contribution is -2.39. The molecule has 1 unspecified atom stereocenters. The van der Waals surface area contributed by atoms with Crippen molar-refractivity contribution in [2.24, 2.45) is 0 Å². The van der Waals surface area contributed by atoms with Crippen molar-refractivity contribution in [1.29, 1.82) is 0 Å². The fraction of sp³-hybridized carbons (Fsp3) is 0.857. The van der Waals surface area contributed by atoms with Crippen LogP contribution in [0, 0.1) is 0 Å². The molecule has 0 aromatic heterocycles. The van der Waals surface area contributed by atoms with Crippen molar-refractivity contribution in [3.8, 4) is 0 Å². The van der Waals surface area contributed by atoms with Gasteiger partial charge in [0.2, 0.25) is 0 Å². The van der Waals surface area contributed by atoms with Gasteiger partial charge in [0.25, 0.3) is 0 Å². The van der Waals surface area contributed by atoms with Crippen LogP contribution in [0.3, 0.4) is 0 Å². The number of carbonyl (C=O) groups is 1. The standard InChI is InChI=1S/C7H14ClNO3/c1-9-6(7(10)11-2)5-12-4-3-8/h6,9H,3-5H2,1-2H3. The lowest BCUT2D eigenvalue weighted by molar-refractivity contribution is -0.144. The smallest absolute Gasteiger partial charge is 0.325 e. The monoisotopic (exact) mass is 195 g/mol. The van der Waals surface area contributed by atoms with E-state index in [2.05, 4.69) is 10.1 Å². The maximum absolute atomic E-state index is 10.9. The number of likely N-dealkylation sites (N-methyl/N-ethyl adjacent to an activating group) is 1. The maximum Gasteiger partial charge on any atom is 0.325 e. The minimum atomic E-state index is -0.404. The zero-order chi connectivity index (χ0) is 9.40. The predicted octanol–water partition coefficient (Wildman–Crippen LogP) is 0.00280. The lowest BCUT2D eigenvalue weighted by Gasteiger charge is -2.12. The van der Waals surface area contributed by atoms with Crippen LogP contribution in [0.1, 0.15) is 0 Å². The van der Waals surface area contributed by atoms with Crippen LogP contribution >= 0.6 is 11.6 Å². The highest BCUT2D eigenvalue weighted by atomic mass is 35.5. The Hall–Kier alpha value is -0.320. The van der Waals surface area contributed by atoms with Gasteiger partial charge in [-0.3, -0.25) is 4.79 Å². The van der Waals surface area contributed by atoms with E-state index in [9.17, 15) is 4.79 Å². The number of nitrogens with one attached hydrogen (secondary N) is 1. The zero-order valence-corrected chi connectivity index (χ0v) is 8.06. The van der Waals surface area contributed by atoms with Crippen molar-refractivity contribution in [2.75, 3.05) is 33.3 Å². The van der Waals surface area contributed by atoms with Crippen LogP contribution in [-0.4, -0.2) is 45.3 Å². The van der Waals surface area contributed by atoms with Crippen LogP contribution in [0.15, 0.2) is 0 Å². The van der Waals surface area contributed by atoms with Gasteiger partial charge >= 0.3 is 5.97 Å². The van der Waals surface area contributed by atoms with E-state index in [1.807, 2.05) is 0 Å². The van der Waals surface area contributed by atoms with Gasteiger partial charge in [-0.05, 0) is 7.05 Å². The molecule has 0 aromatic rings. The topological polar surface area (TPSA) is 47.6 Å². The molecule has 0 saturated carbocycles. The molecule has 4 nitrogen and oxygen atoms in total. The Kier molecular flexibility index (Phi) is 7.14. The number of hydrogen-bond acceptors (Lipinski definition) is 4. The number of alkyl halides is 1. The van der Waals surface area contributed by atoms with E-state index in [-0.39, 0.29) is 12.6 Å². The summed E-state index contributed by atoms with van der Waals surface area (Å²) in [6, 6.07) is -0.404. The van der Waals surface area contributed by atoms with Crippen LogP contribution in [0.4, 0.5) is 0 Å². The Bertz CT molecular complexity index is 132. The summed E-state index contributed by atoms with van der Waals surface area (Å²) in [5.74, 6) is 0.101. The number of hydrogen-bond donors (Lipinski definition) is 1. The molecule has 0 amide bonds. The van der Waals surface area contributed by atoms with E-state index in [0.29, 0.717) is 12.5 Å². The Morgan fingerprint density at radius 3 is 2.75 bits per heavy atom. The van der Waals surface area contributed by atoms with E-state index in [1.54, 1.807) is 7.05 Å². The molecule has 0 fully saturated rings. The fourth-order valence-corrected chi connectivity index (χ4v) is 0.776. The average molecular weight is 196 g/mol. The molecule has 0 aliphatic heterocycles. The minimum absolute atomic E-state index is 0.288. The molecule has 0 aliphatic rings. The molecule has 12 heavy (non-hydrogen) atoms. The molecular formula is C7H14ClNO3. The fourth-order valence-electron chi connectivity index (χ4n) is 0.667. The number of carbonyl (C=O) groups excluding carboxylic acids is 1. The maximum atomic E-state index is 10.9. The Morgan fingerprint density at radius 2 is 2.33 bits per heavy atom. The first kappa shape index (κ1) is 11.7. The Morgan fingerprint density at radius 1 is 1.67 bits per heavy atom. The molecule has 5 heteroatoms. The molecule has 0 saturated heterocycles. The van der Waals surface area contributed by atoms with Gasteiger partial charge in [-0.2, -0.15) is 0 Å². The first-order valence-corrected chi connectivity index (χ1v) is 4.18. The van der Waals surface area contributed by atoms with Crippen molar-refractivity contribution < 1.29 is 14.3 Å². The van der Waals surface area contributed by atoms with Gasteiger partial charge in [-0.25, -0.2) is 0 Å². The molecule has 0 rings (SSSR count). The quantitative estimate of drug-likeness (QED) is 0.368. The molecule has 0 bridgehead atoms. The molecule has 0 aromatic carbocycles. The summed E-state index contributed by atoms with van der Waals surface area (Å²) in [5.41, 5.74) is 0. The van der Waals surface area contributed by atoms with Crippen LogP contribution < -0.4 is 5.32 Å². The van der Waals surface area contributed by atoms with E-state index in [0.717, 1.165) is 0 Å². The first-order chi connectivity index (χ1) is 5.76. The van der Waals surface area contributed by atoms with Gasteiger partial charge < -0.3 is 14.8 Å². The van der Waals surface area contributed by atoms with Crippen LogP contribution in [0.25, 0.3) is 0 Å². The summed E-state index contributed by atoms with van der Waals surface area (Å²) in [4.78, 5) is 10.9. The van der Waals surface area contributed by atoms with Gasteiger partial charge in [0.05, 0.1) is 20.3 Å². The number of esters is 1. The van der Waals surface area contributed by atoms with E-state index in [4.69, 9.17) is 16.3 Å². The van der Waals surface area contributed by atoms with Crippen LogP contribution in [0.5, 0.6) is 0 Å². The SMILES string of the molecule is CNC(COCCCl)C(=O)OC. The van der Waals surface area contributed by atoms with Gasteiger partial charge in [-0.15, -0.1) is 11.6 Å². The van der Waals surface area contributed by atoms with Gasteiger partial charge in [-0.1, -0.05) is 0 Å². The molecule has 0 spiro atoms.